The van der Waals surface area contributed by atoms with Crippen LogP contribution in [0.4, 0.5) is 5.82 Å². The summed E-state index contributed by atoms with van der Waals surface area (Å²) in [7, 11) is 0. The Labute approximate surface area is 125 Å². The minimum atomic E-state index is 0.0471. The number of hydrogen-bond donors (Lipinski definition) is 1. The first kappa shape index (κ1) is 14.3. The fourth-order valence-electron chi connectivity index (χ4n) is 3.01. The smallest absolute Gasteiger partial charge is 0.129 e. The third kappa shape index (κ3) is 3.01. The van der Waals surface area contributed by atoms with Crippen molar-refractivity contribution < 1.29 is 9.84 Å². The minimum absolute atomic E-state index is 0.0471. The molecule has 1 fully saturated rings. The van der Waals surface area contributed by atoms with Crippen LogP contribution >= 0.6 is 0 Å². The average molecular weight is 286 g/mol. The molecule has 1 aromatic carbocycles. The normalized spacial score (nSPS) is 16.6. The van der Waals surface area contributed by atoms with Crippen molar-refractivity contribution in [3.8, 4) is 0 Å². The number of nitrogens with zero attached hydrogens (tertiary/aromatic N) is 2. The molecule has 2 aromatic rings. The van der Waals surface area contributed by atoms with Crippen molar-refractivity contribution in [1.29, 1.82) is 0 Å². The van der Waals surface area contributed by atoms with E-state index in [1.165, 1.54) is 0 Å². The second kappa shape index (κ2) is 6.41. The van der Waals surface area contributed by atoms with Crippen molar-refractivity contribution in [1.82, 2.24) is 4.98 Å². The van der Waals surface area contributed by atoms with Crippen molar-refractivity contribution in [2.24, 2.45) is 0 Å². The highest BCUT2D eigenvalue weighted by Gasteiger charge is 2.21. The van der Waals surface area contributed by atoms with Crippen LogP contribution in [0, 0.1) is 0 Å². The molecular weight excluding hydrogens is 264 g/mol. The second-order valence-electron chi connectivity index (χ2n) is 5.46. The summed E-state index contributed by atoms with van der Waals surface area (Å²) in [5.74, 6) is 0.965. The monoisotopic (exact) mass is 286 g/mol. The second-order valence-corrected chi connectivity index (χ2v) is 5.46. The van der Waals surface area contributed by atoms with Gasteiger partial charge in [0, 0.05) is 25.1 Å². The summed E-state index contributed by atoms with van der Waals surface area (Å²) >= 11 is 0. The lowest BCUT2D eigenvalue weighted by atomic mass is 10.1. The molecule has 0 aliphatic carbocycles. The van der Waals surface area contributed by atoms with E-state index in [1.807, 2.05) is 37.3 Å². The molecule has 1 saturated heterocycles. The molecule has 1 aliphatic heterocycles. The van der Waals surface area contributed by atoms with Gasteiger partial charge in [-0.3, -0.25) is 0 Å². The number of aliphatic hydroxyl groups excluding tert-OH is 1. The third-order valence-corrected chi connectivity index (χ3v) is 4.13. The summed E-state index contributed by atoms with van der Waals surface area (Å²) in [4.78, 5) is 7.05. The highest BCUT2D eigenvalue weighted by Crippen LogP contribution is 2.25. The number of rotatable bonds is 4. The summed E-state index contributed by atoms with van der Waals surface area (Å²) in [6, 6.07) is 10.0. The van der Waals surface area contributed by atoms with Gasteiger partial charge in [0.05, 0.1) is 18.2 Å². The van der Waals surface area contributed by atoms with E-state index >= 15 is 0 Å². The van der Waals surface area contributed by atoms with Crippen molar-refractivity contribution in [2.75, 3.05) is 24.6 Å². The van der Waals surface area contributed by atoms with Crippen LogP contribution in [0.5, 0.6) is 0 Å². The van der Waals surface area contributed by atoms with E-state index in [9.17, 15) is 5.11 Å². The minimum Gasteiger partial charge on any atom is -0.392 e. The van der Waals surface area contributed by atoms with Gasteiger partial charge in [0.1, 0.15) is 5.82 Å². The number of ether oxygens (including phenoxy) is 1. The predicted octanol–water partition coefficient (Wildman–Crippen LogP) is 2.73. The molecule has 3 rings (SSSR count). The Hall–Kier alpha value is -1.65. The topological polar surface area (TPSA) is 45.6 Å². The molecule has 4 heteroatoms. The molecule has 0 unspecified atom stereocenters. The number of pyridine rings is 1. The van der Waals surface area contributed by atoms with Gasteiger partial charge in [0.25, 0.3) is 0 Å². The summed E-state index contributed by atoms with van der Waals surface area (Å²) in [5.41, 5.74) is 1.90. The number of benzene rings is 1. The highest BCUT2D eigenvalue weighted by atomic mass is 16.5. The van der Waals surface area contributed by atoms with E-state index in [0.29, 0.717) is 6.10 Å². The average Bonchev–Trinajstić information content (AvgIpc) is 2.55. The molecule has 2 heterocycles. The Morgan fingerprint density at radius 3 is 2.76 bits per heavy atom. The molecule has 4 nitrogen and oxygen atoms in total. The zero-order chi connectivity index (χ0) is 14.7. The van der Waals surface area contributed by atoms with Crippen LogP contribution in [0.2, 0.25) is 0 Å². The van der Waals surface area contributed by atoms with E-state index in [0.717, 1.165) is 54.8 Å². The van der Waals surface area contributed by atoms with Crippen LogP contribution in [0.25, 0.3) is 10.9 Å². The first-order chi connectivity index (χ1) is 10.3. The Balaban J connectivity index is 1.84. The number of hydrogen-bond acceptors (Lipinski definition) is 4. The van der Waals surface area contributed by atoms with Crippen LogP contribution in [-0.4, -0.2) is 35.9 Å². The van der Waals surface area contributed by atoms with E-state index in [2.05, 4.69) is 4.90 Å². The molecule has 1 aromatic heterocycles. The van der Waals surface area contributed by atoms with Gasteiger partial charge in [-0.2, -0.15) is 0 Å². The molecule has 21 heavy (non-hydrogen) atoms. The van der Waals surface area contributed by atoms with Gasteiger partial charge in [-0.15, -0.1) is 0 Å². The predicted molar refractivity (Wildman–Crippen MR) is 84.5 cm³/mol. The van der Waals surface area contributed by atoms with Gasteiger partial charge in [-0.1, -0.05) is 18.2 Å². The molecule has 1 aliphatic rings. The van der Waals surface area contributed by atoms with Crippen molar-refractivity contribution >= 4 is 16.7 Å². The highest BCUT2D eigenvalue weighted by molar-refractivity contribution is 5.84. The number of aromatic nitrogens is 1. The molecular formula is C17H22N2O2. The first-order valence-corrected chi connectivity index (χ1v) is 7.68. The van der Waals surface area contributed by atoms with Gasteiger partial charge in [-0.05, 0) is 37.5 Å². The van der Waals surface area contributed by atoms with Crippen LogP contribution < -0.4 is 4.90 Å². The Morgan fingerprint density at radius 2 is 2.05 bits per heavy atom. The van der Waals surface area contributed by atoms with E-state index in [1.54, 1.807) is 0 Å². The van der Waals surface area contributed by atoms with Crippen LogP contribution in [0.1, 0.15) is 25.3 Å². The van der Waals surface area contributed by atoms with Gasteiger partial charge in [0.15, 0.2) is 0 Å². The fourth-order valence-corrected chi connectivity index (χ4v) is 3.01. The molecule has 112 valence electrons. The van der Waals surface area contributed by atoms with Gasteiger partial charge < -0.3 is 14.7 Å². The maximum absolute atomic E-state index is 9.60. The zero-order valence-corrected chi connectivity index (χ0v) is 12.5. The van der Waals surface area contributed by atoms with Crippen molar-refractivity contribution in [3.63, 3.8) is 0 Å². The molecule has 0 saturated carbocycles. The Kier molecular flexibility index (Phi) is 4.36. The molecule has 1 N–H and O–H groups in total. The standard InChI is InChI=1S/C17H22N2O2/c1-2-21-14-7-9-19(10-8-14)17-11-13(12-20)15-5-3-4-6-16(15)18-17/h3-6,11,14,20H,2,7-10,12H2,1H3. The number of anilines is 1. The lowest BCUT2D eigenvalue weighted by Gasteiger charge is -2.33. The SMILES string of the molecule is CCOC1CCN(c2cc(CO)c3ccccc3n2)CC1. The van der Waals surface area contributed by atoms with Gasteiger partial charge in [-0.25, -0.2) is 4.98 Å². The largest absolute Gasteiger partial charge is 0.392 e. The third-order valence-electron chi connectivity index (χ3n) is 4.13. The zero-order valence-electron chi connectivity index (χ0n) is 12.5. The number of piperidine rings is 1. The summed E-state index contributed by atoms with van der Waals surface area (Å²) < 4.78 is 5.70. The number of aliphatic hydroxyl groups is 1. The Bertz CT molecular complexity index is 607. The maximum atomic E-state index is 9.60. The van der Waals surface area contributed by atoms with Crippen LogP contribution in [-0.2, 0) is 11.3 Å². The molecule has 0 bridgehead atoms. The summed E-state index contributed by atoms with van der Waals surface area (Å²) in [5, 5.41) is 10.6. The maximum Gasteiger partial charge on any atom is 0.129 e. The molecule has 0 spiro atoms. The molecule has 0 radical (unpaired) electrons. The number of fused-ring (bicyclic) bond motifs is 1. The lowest BCUT2D eigenvalue weighted by Crippen LogP contribution is -2.37. The summed E-state index contributed by atoms with van der Waals surface area (Å²) in [6.45, 7) is 4.80. The van der Waals surface area contributed by atoms with Crippen LogP contribution in [0.3, 0.4) is 0 Å². The fraction of sp³-hybridized carbons (Fsp3) is 0.471. The molecule has 0 atom stereocenters. The van der Waals surface area contributed by atoms with E-state index in [4.69, 9.17) is 9.72 Å². The van der Waals surface area contributed by atoms with Gasteiger partial charge >= 0.3 is 0 Å². The van der Waals surface area contributed by atoms with Gasteiger partial charge in [0.2, 0.25) is 0 Å². The Morgan fingerprint density at radius 1 is 1.29 bits per heavy atom. The van der Waals surface area contributed by atoms with Crippen molar-refractivity contribution in [2.45, 2.75) is 32.5 Å². The van der Waals surface area contributed by atoms with E-state index in [-0.39, 0.29) is 6.61 Å². The van der Waals surface area contributed by atoms with Crippen molar-refractivity contribution in [3.05, 3.63) is 35.9 Å². The van der Waals surface area contributed by atoms with E-state index < -0.39 is 0 Å². The number of para-hydroxylation sites is 1. The lowest BCUT2D eigenvalue weighted by molar-refractivity contribution is 0.0458. The molecule has 0 amide bonds. The summed E-state index contributed by atoms with van der Waals surface area (Å²) in [6.07, 6.45) is 2.46. The van der Waals surface area contributed by atoms with Crippen LogP contribution in [0.15, 0.2) is 30.3 Å². The first-order valence-electron chi connectivity index (χ1n) is 7.68. The quantitative estimate of drug-likeness (QED) is 0.938.